The van der Waals surface area contributed by atoms with E-state index in [4.69, 9.17) is 9.47 Å². The van der Waals surface area contributed by atoms with Gasteiger partial charge in [0.1, 0.15) is 11.6 Å². The van der Waals surface area contributed by atoms with E-state index in [2.05, 4.69) is 9.97 Å². The van der Waals surface area contributed by atoms with Crippen molar-refractivity contribution in [3.63, 3.8) is 0 Å². The molecule has 2 aliphatic rings. The molecule has 1 amide bonds. The van der Waals surface area contributed by atoms with Gasteiger partial charge >= 0.3 is 0 Å². The number of amides is 1. The molecule has 0 spiro atoms. The first-order valence-corrected chi connectivity index (χ1v) is 9.81. The largest absolute Gasteiger partial charge is 0.437 e. The maximum atomic E-state index is 13.3. The van der Waals surface area contributed by atoms with Gasteiger partial charge in [0.25, 0.3) is 0 Å². The fraction of sp³-hybridized carbons (Fsp3) is 0.476. The predicted octanol–water partition coefficient (Wildman–Crippen LogP) is 3.54. The monoisotopic (exact) mass is 385 g/mol. The molecule has 4 rings (SSSR count). The minimum Gasteiger partial charge on any atom is -0.437 e. The van der Waals surface area contributed by atoms with Gasteiger partial charge < -0.3 is 14.4 Å². The van der Waals surface area contributed by atoms with Crippen LogP contribution in [0, 0.1) is 11.7 Å². The van der Waals surface area contributed by atoms with Crippen molar-refractivity contribution < 1.29 is 18.7 Å². The van der Waals surface area contributed by atoms with Gasteiger partial charge in [0.15, 0.2) is 0 Å². The highest BCUT2D eigenvalue weighted by Crippen LogP contribution is 2.30. The smallest absolute Gasteiger partial charge is 0.238 e. The lowest BCUT2D eigenvalue weighted by Crippen LogP contribution is -2.42. The fourth-order valence-corrected chi connectivity index (χ4v) is 3.86. The topological polar surface area (TPSA) is 64.5 Å². The Kier molecular flexibility index (Phi) is 5.81. The Morgan fingerprint density at radius 2 is 1.93 bits per heavy atom. The molecule has 0 aliphatic carbocycles. The summed E-state index contributed by atoms with van der Waals surface area (Å²) in [6.07, 6.45) is 6.63. The van der Waals surface area contributed by atoms with Gasteiger partial charge in [-0.15, -0.1) is 0 Å². The van der Waals surface area contributed by atoms with E-state index < -0.39 is 0 Å². The minimum absolute atomic E-state index is 0.105. The van der Waals surface area contributed by atoms with E-state index in [9.17, 15) is 9.18 Å². The van der Waals surface area contributed by atoms with Crippen molar-refractivity contribution in [2.24, 2.45) is 5.92 Å². The SMILES string of the molecule is O=C(C1CCOCC1)N1CCC(c2cncc(Oc3cccc(F)c3)n2)CC1. The summed E-state index contributed by atoms with van der Waals surface area (Å²) in [6.45, 7) is 2.83. The Hall–Kier alpha value is -2.54. The zero-order valence-electron chi connectivity index (χ0n) is 15.7. The van der Waals surface area contributed by atoms with Crippen molar-refractivity contribution in [1.29, 1.82) is 0 Å². The number of likely N-dealkylation sites (tertiary alicyclic amines) is 1. The molecular formula is C21H24FN3O3. The number of halogens is 1. The number of rotatable bonds is 4. The van der Waals surface area contributed by atoms with Crippen molar-refractivity contribution >= 4 is 5.91 Å². The number of aromatic nitrogens is 2. The minimum atomic E-state index is -0.358. The fourth-order valence-electron chi connectivity index (χ4n) is 3.86. The van der Waals surface area contributed by atoms with E-state index in [0.29, 0.717) is 24.8 Å². The van der Waals surface area contributed by atoms with Crippen LogP contribution in [-0.2, 0) is 9.53 Å². The predicted molar refractivity (Wildman–Crippen MR) is 101 cm³/mol. The van der Waals surface area contributed by atoms with E-state index in [-0.39, 0.29) is 23.6 Å². The highest BCUT2D eigenvalue weighted by molar-refractivity contribution is 5.79. The third-order valence-electron chi connectivity index (χ3n) is 5.45. The van der Waals surface area contributed by atoms with Gasteiger partial charge in [0.05, 0.1) is 11.9 Å². The average Bonchev–Trinajstić information content (AvgIpc) is 2.74. The van der Waals surface area contributed by atoms with Gasteiger partial charge in [0, 0.05) is 50.4 Å². The second kappa shape index (κ2) is 8.65. The molecule has 2 aromatic rings. The van der Waals surface area contributed by atoms with Crippen LogP contribution in [0.5, 0.6) is 11.6 Å². The first-order chi connectivity index (χ1) is 13.7. The Bertz CT molecular complexity index is 818. The standard InChI is InChI=1S/C21H24FN3O3/c22-17-2-1-3-18(12-17)28-20-14-23-13-19(24-20)15-4-8-25(9-5-15)21(26)16-6-10-27-11-7-16/h1-3,12-16H,4-11H2. The second-order valence-corrected chi connectivity index (χ2v) is 7.33. The van der Waals surface area contributed by atoms with Crippen molar-refractivity contribution in [1.82, 2.24) is 14.9 Å². The molecule has 1 aromatic carbocycles. The van der Waals surface area contributed by atoms with E-state index in [1.165, 1.54) is 18.3 Å². The number of carbonyl (C=O) groups is 1. The Morgan fingerprint density at radius 1 is 1.14 bits per heavy atom. The molecule has 0 unspecified atom stereocenters. The van der Waals surface area contributed by atoms with Crippen LogP contribution in [0.3, 0.4) is 0 Å². The molecule has 6 nitrogen and oxygen atoms in total. The Balaban J connectivity index is 1.36. The number of nitrogens with zero attached hydrogens (tertiary/aromatic N) is 3. The molecule has 3 heterocycles. The number of ether oxygens (including phenoxy) is 2. The maximum Gasteiger partial charge on any atom is 0.238 e. The first-order valence-electron chi connectivity index (χ1n) is 9.81. The molecule has 28 heavy (non-hydrogen) atoms. The van der Waals surface area contributed by atoms with Crippen LogP contribution < -0.4 is 4.74 Å². The molecule has 0 atom stereocenters. The van der Waals surface area contributed by atoms with Crippen molar-refractivity contribution in [2.45, 2.75) is 31.6 Å². The lowest BCUT2D eigenvalue weighted by atomic mass is 9.91. The quantitative estimate of drug-likeness (QED) is 0.805. The van der Waals surface area contributed by atoms with E-state index >= 15 is 0 Å². The van der Waals surface area contributed by atoms with Crippen molar-refractivity contribution in [3.05, 3.63) is 48.2 Å². The summed E-state index contributed by atoms with van der Waals surface area (Å²) >= 11 is 0. The number of hydrogen-bond donors (Lipinski definition) is 0. The third-order valence-corrected chi connectivity index (χ3v) is 5.45. The van der Waals surface area contributed by atoms with Crippen LogP contribution in [0.1, 0.15) is 37.3 Å². The molecule has 0 N–H and O–H groups in total. The summed E-state index contributed by atoms with van der Waals surface area (Å²) in [5.74, 6) is 0.988. The molecule has 2 aliphatic heterocycles. The number of carbonyl (C=O) groups excluding carboxylic acids is 1. The van der Waals surface area contributed by atoms with E-state index in [1.54, 1.807) is 18.3 Å². The van der Waals surface area contributed by atoms with E-state index in [0.717, 1.165) is 44.5 Å². The van der Waals surface area contributed by atoms with Gasteiger partial charge in [-0.05, 0) is 37.8 Å². The van der Waals surface area contributed by atoms with Crippen LogP contribution >= 0.6 is 0 Å². The number of piperidine rings is 1. The zero-order valence-corrected chi connectivity index (χ0v) is 15.7. The Morgan fingerprint density at radius 3 is 2.68 bits per heavy atom. The molecule has 2 fully saturated rings. The third kappa shape index (κ3) is 4.47. The molecule has 0 bridgehead atoms. The molecule has 2 saturated heterocycles. The first kappa shape index (κ1) is 18.8. The van der Waals surface area contributed by atoms with Gasteiger partial charge in [-0.3, -0.25) is 9.78 Å². The van der Waals surface area contributed by atoms with Crippen LogP contribution in [0.2, 0.25) is 0 Å². The normalized spacial score (nSPS) is 18.8. The van der Waals surface area contributed by atoms with Gasteiger partial charge in [-0.1, -0.05) is 6.07 Å². The summed E-state index contributed by atoms with van der Waals surface area (Å²) in [5, 5.41) is 0. The maximum absolute atomic E-state index is 13.3. The van der Waals surface area contributed by atoms with Crippen molar-refractivity contribution in [2.75, 3.05) is 26.3 Å². The lowest BCUT2D eigenvalue weighted by Gasteiger charge is -2.35. The summed E-state index contributed by atoms with van der Waals surface area (Å²) in [7, 11) is 0. The highest BCUT2D eigenvalue weighted by atomic mass is 19.1. The molecular weight excluding hydrogens is 361 g/mol. The number of benzene rings is 1. The average molecular weight is 385 g/mol. The van der Waals surface area contributed by atoms with Crippen LogP contribution in [-0.4, -0.2) is 47.1 Å². The molecule has 0 radical (unpaired) electrons. The van der Waals surface area contributed by atoms with E-state index in [1.807, 2.05) is 4.90 Å². The number of hydrogen-bond acceptors (Lipinski definition) is 5. The molecule has 7 heteroatoms. The highest BCUT2D eigenvalue weighted by Gasteiger charge is 2.30. The van der Waals surface area contributed by atoms with Gasteiger partial charge in [-0.25, -0.2) is 9.37 Å². The molecule has 1 aromatic heterocycles. The van der Waals surface area contributed by atoms with Gasteiger partial charge in [-0.2, -0.15) is 0 Å². The summed E-state index contributed by atoms with van der Waals surface area (Å²) in [4.78, 5) is 23.4. The summed E-state index contributed by atoms with van der Waals surface area (Å²) in [6, 6.07) is 5.95. The second-order valence-electron chi connectivity index (χ2n) is 7.33. The van der Waals surface area contributed by atoms with Gasteiger partial charge in [0.2, 0.25) is 11.8 Å². The summed E-state index contributed by atoms with van der Waals surface area (Å²) in [5.41, 5.74) is 0.854. The Labute approximate surface area is 163 Å². The van der Waals surface area contributed by atoms with Crippen LogP contribution in [0.4, 0.5) is 4.39 Å². The molecule has 0 saturated carbocycles. The zero-order chi connectivity index (χ0) is 19.3. The summed E-state index contributed by atoms with van der Waals surface area (Å²) < 4.78 is 24.3. The van der Waals surface area contributed by atoms with Crippen LogP contribution in [0.15, 0.2) is 36.7 Å². The lowest BCUT2D eigenvalue weighted by molar-refractivity contribution is -0.139. The van der Waals surface area contributed by atoms with Crippen molar-refractivity contribution in [3.8, 4) is 11.6 Å². The van der Waals surface area contributed by atoms with Crippen LogP contribution in [0.25, 0.3) is 0 Å². The molecule has 148 valence electrons.